The molecule has 1 saturated heterocycles. The van der Waals surface area contributed by atoms with Gasteiger partial charge < -0.3 is 0 Å². The second-order valence-electron chi connectivity index (χ2n) is 3.38. The fourth-order valence-corrected chi connectivity index (χ4v) is 1.72. The molecule has 1 aliphatic heterocycles. The minimum absolute atomic E-state index is 0.542. The molecule has 1 fully saturated rings. The summed E-state index contributed by atoms with van der Waals surface area (Å²) in [6.45, 7) is 5.48. The first-order valence-corrected chi connectivity index (χ1v) is 5.03. The second kappa shape index (κ2) is 5.41. The van der Waals surface area contributed by atoms with E-state index in [1.54, 1.807) is 0 Å². The molecule has 0 radical (unpaired) electrons. The summed E-state index contributed by atoms with van der Waals surface area (Å²) in [6.07, 6.45) is 4.07. The normalized spacial score (nSPS) is 21.4. The van der Waals surface area contributed by atoms with Gasteiger partial charge >= 0.3 is 0 Å². The summed E-state index contributed by atoms with van der Waals surface area (Å²) in [4.78, 5) is 6.46. The lowest BCUT2D eigenvalue weighted by Gasteiger charge is -2.31. The van der Waals surface area contributed by atoms with Crippen LogP contribution in [0.4, 0.5) is 0 Å². The van der Waals surface area contributed by atoms with Crippen molar-refractivity contribution in [3.63, 3.8) is 0 Å². The summed E-state index contributed by atoms with van der Waals surface area (Å²) in [6, 6.07) is 0.542. The van der Waals surface area contributed by atoms with Crippen molar-refractivity contribution in [2.24, 2.45) is 4.99 Å². The highest BCUT2D eigenvalue weighted by Gasteiger charge is 2.15. The zero-order valence-corrected chi connectivity index (χ0v) is 8.44. The molecule has 0 aromatic carbocycles. The van der Waals surface area contributed by atoms with E-state index < -0.39 is 0 Å². The molecule has 3 heteroatoms. The fourth-order valence-electron chi connectivity index (χ4n) is 1.64. The maximum absolute atomic E-state index is 4.54. The van der Waals surface area contributed by atoms with Crippen molar-refractivity contribution in [3.8, 4) is 0 Å². The Morgan fingerprint density at radius 1 is 1.42 bits per heavy atom. The number of hydrogen-bond donors (Lipinski definition) is 0. The highest BCUT2D eigenvalue weighted by atomic mass is 32.1. The van der Waals surface area contributed by atoms with E-state index in [2.05, 4.69) is 34.2 Å². The number of hydrogen-bond acceptors (Lipinski definition) is 3. The zero-order chi connectivity index (χ0) is 8.81. The van der Waals surface area contributed by atoms with E-state index >= 15 is 0 Å². The predicted molar refractivity (Wildman–Crippen MR) is 54.8 cm³/mol. The molecule has 1 atom stereocenters. The van der Waals surface area contributed by atoms with Crippen LogP contribution in [-0.2, 0) is 0 Å². The van der Waals surface area contributed by atoms with Gasteiger partial charge in [0.2, 0.25) is 0 Å². The highest BCUT2D eigenvalue weighted by Crippen LogP contribution is 2.11. The summed E-state index contributed by atoms with van der Waals surface area (Å²) in [5.74, 6) is 0. The van der Waals surface area contributed by atoms with Crippen molar-refractivity contribution in [1.82, 2.24) is 4.90 Å². The topological polar surface area (TPSA) is 15.6 Å². The van der Waals surface area contributed by atoms with Crippen LogP contribution in [0.1, 0.15) is 26.2 Å². The Labute approximate surface area is 79.7 Å². The van der Waals surface area contributed by atoms with Gasteiger partial charge in [0.05, 0.1) is 11.7 Å². The minimum Gasteiger partial charge on any atom is -0.299 e. The Balaban J connectivity index is 2.28. The molecular weight excluding hydrogens is 168 g/mol. The Morgan fingerprint density at radius 2 is 2.08 bits per heavy atom. The van der Waals surface area contributed by atoms with Crippen LogP contribution in [0.15, 0.2) is 4.99 Å². The first kappa shape index (κ1) is 9.85. The van der Waals surface area contributed by atoms with Gasteiger partial charge in [-0.25, -0.2) is 4.99 Å². The second-order valence-corrected chi connectivity index (χ2v) is 3.56. The van der Waals surface area contributed by atoms with Crippen LogP contribution >= 0.6 is 12.2 Å². The number of piperidine rings is 1. The summed E-state index contributed by atoms with van der Waals surface area (Å²) in [7, 11) is 0. The van der Waals surface area contributed by atoms with E-state index in [1.165, 1.54) is 32.4 Å². The molecule has 0 spiro atoms. The van der Waals surface area contributed by atoms with Crippen LogP contribution in [0.3, 0.4) is 0 Å². The van der Waals surface area contributed by atoms with Gasteiger partial charge in [0.15, 0.2) is 0 Å². The average Bonchev–Trinajstić information content (AvgIpc) is 2.15. The lowest BCUT2D eigenvalue weighted by molar-refractivity contribution is 0.178. The molecule has 1 unspecified atom stereocenters. The maximum atomic E-state index is 4.54. The van der Waals surface area contributed by atoms with Gasteiger partial charge in [-0.3, -0.25) is 4.90 Å². The third kappa shape index (κ3) is 3.02. The van der Waals surface area contributed by atoms with Gasteiger partial charge in [0.1, 0.15) is 0 Å². The molecule has 2 nitrogen and oxygen atoms in total. The molecule has 0 aliphatic carbocycles. The van der Waals surface area contributed by atoms with Gasteiger partial charge in [-0.15, -0.1) is 0 Å². The van der Waals surface area contributed by atoms with Gasteiger partial charge in [-0.1, -0.05) is 6.42 Å². The highest BCUT2D eigenvalue weighted by molar-refractivity contribution is 7.78. The number of thiocarbonyl (C=S) groups is 1. The van der Waals surface area contributed by atoms with Crippen molar-refractivity contribution < 1.29 is 0 Å². The third-order valence-corrected chi connectivity index (χ3v) is 2.56. The number of aliphatic imine (C=N–C) groups is 1. The molecule has 0 aromatic rings. The maximum Gasteiger partial charge on any atom is 0.0645 e. The third-order valence-electron chi connectivity index (χ3n) is 2.43. The Morgan fingerprint density at radius 3 is 2.67 bits per heavy atom. The van der Waals surface area contributed by atoms with E-state index in [9.17, 15) is 0 Å². The van der Waals surface area contributed by atoms with Crippen LogP contribution in [0.2, 0.25) is 0 Å². The molecule has 1 aliphatic rings. The number of isothiocyanates is 1. The van der Waals surface area contributed by atoms with Crippen LogP contribution < -0.4 is 0 Å². The standard InChI is InChI=1S/C9H16N2S/c1-9(7-10-8-12)11-5-3-2-4-6-11/h9H,2-7H2,1H3. The van der Waals surface area contributed by atoms with Gasteiger partial charge in [-0.2, -0.15) is 0 Å². The molecule has 68 valence electrons. The minimum atomic E-state index is 0.542. The molecule has 0 amide bonds. The SMILES string of the molecule is CC(CN=C=S)N1CCCCC1. The largest absolute Gasteiger partial charge is 0.299 e. The summed E-state index contributed by atoms with van der Waals surface area (Å²) in [5.41, 5.74) is 0. The Kier molecular flexibility index (Phi) is 4.44. The summed E-state index contributed by atoms with van der Waals surface area (Å²) < 4.78 is 0. The van der Waals surface area contributed by atoms with E-state index in [1.807, 2.05) is 0 Å². The molecule has 0 aromatic heterocycles. The quantitative estimate of drug-likeness (QED) is 0.492. The Hall–Kier alpha value is -0.240. The number of likely N-dealkylation sites (tertiary alicyclic amines) is 1. The van der Waals surface area contributed by atoms with Crippen LogP contribution in [0, 0.1) is 0 Å². The van der Waals surface area contributed by atoms with E-state index in [-0.39, 0.29) is 0 Å². The molecule has 1 heterocycles. The number of nitrogens with zero attached hydrogens (tertiary/aromatic N) is 2. The van der Waals surface area contributed by atoms with Gasteiger partial charge in [0.25, 0.3) is 0 Å². The molecule has 12 heavy (non-hydrogen) atoms. The van der Waals surface area contributed by atoms with Crippen molar-refractivity contribution in [2.75, 3.05) is 19.6 Å². The van der Waals surface area contributed by atoms with E-state index in [0.29, 0.717) is 6.04 Å². The molecule has 0 saturated carbocycles. The number of rotatable bonds is 3. The molecule has 0 N–H and O–H groups in total. The Bertz CT molecular complexity index is 169. The first-order chi connectivity index (χ1) is 5.84. The zero-order valence-electron chi connectivity index (χ0n) is 7.62. The summed E-state index contributed by atoms with van der Waals surface area (Å²) in [5, 5.41) is 2.42. The van der Waals surface area contributed by atoms with Gasteiger partial charge in [0, 0.05) is 6.04 Å². The lowest BCUT2D eigenvalue weighted by atomic mass is 10.1. The molecule has 1 rings (SSSR count). The van der Waals surface area contributed by atoms with Crippen LogP contribution in [0.5, 0.6) is 0 Å². The van der Waals surface area contributed by atoms with E-state index in [0.717, 1.165) is 6.54 Å². The van der Waals surface area contributed by atoms with Crippen molar-refractivity contribution in [3.05, 3.63) is 0 Å². The smallest absolute Gasteiger partial charge is 0.0645 e. The lowest BCUT2D eigenvalue weighted by Crippen LogP contribution is -2.38. The van der Waals surface area contributed by atoms with Crippen molar-refractivity contribution >= 4 is 17.4 Å². The monoisotopic (exact) mass is 184 g/mol. The van der Waals surface area contributed by atoms with Crippen LogP contribution in [-0.4, -0.2) is 35.7 Å². The van der Waals surface area contributed by atoms with Gasteiger partial charge in [-0.05, 0) is 45.1 Å². The molecule has 0 bridgehead atoms. The predicted octanol–water partition coefficient (Wildman–Crippen LogP) is 1.96. The summed E-state index contributed by atoms with van der Waals surface area (Å²) >= 11 is 4.54. The van der Waals surface area contributed by atoms with Crippen LogP contribution in [0.25, 0.3) is 0 Å². The average molecular weight is 184 g/mol. The molecular formula is C9H16N2S. The van der Waals surface area contributed by atoms with Crippen molar-refractivity contribution in [1.29, 1.82) is 0 Å². The first-order valence-electron chi connectivity index (χ1n) is 4.62. The fraction of sp³-hybridized carbons (Fsp3) is 0.889. The van der Waals surface area contributed by atoms with Crippen molar-refractivity contribution in [2.45, 2.75) is 32.2 Å². The van der Waals surface area contributed by atoms with E-state index in [4.69, 9.17) is 0 Å².